The number of benzene rings is 1. The van der Waals surface area contributed by atoms with Crippen LogP contribution in [-0.2, 0) is 0 Å². The van der Waals surface area contributed by atoms with E-state index >= 15 is 0 Å². The van der Waals surface area contributed by atoms with Crippen molar-refractivity contribution in [2.24, 2.45) is 10.8 Å². The van der Waals surface area contributed by atoms with Crippen molar-refractivity contribution in [1.82, 2.24) is 0 Å². The second-order valence-corrected chi connectivity index (χ2v) is 8.71. The lowest BCUT2D eigenvalue weighted by molar-refractivity contribution is 0.173. The van der Waals surface area contributed by atoms with Gasteiger partial charge in [0.05, 0.1) is 0 Å². The number of allylic oxidation sites excluding steroid dienone is 2. The monoisotopic (exact) mass is 314 g/mol. The van der Waals surface area contributed by atoms with Crippen molar-refractivity contribution in [3.63, 3.8) is 0 Å². The molecule has 0 heterocycles. The molecule has 0 aliphatic heterocycles. The van der Waals surface area contributed by atoms with Crippen LogP contribution in [0.25, 0.3) is 0 Å². The Hall–Kier alpha value is -1.04. The van der Waals surface area contributed by atoms with Gasteiger partial charge in [0.15, 0.2) is 0 Å². The molecule has 0 fully saturated rings. The highest BCUT2D eigenvalue weighted by Gasteiger charge is 2.37. The van der Waals surface area contributed by atoms with Crippen LogP contribution in [0.3, 0.4) is 0 Å². The standard InChI is InChI=1S/C13H24.C10H14/c1-10-8-7-9-11(10)13(5,6)12(2,3)4;1-3-9(2)10-7-5-4-6-8-10/h7-9H2,1-6H3;4-9H,3H2,1-2H3. The summed E-state index contributed by atoms with van der Waals surface area (Å²) < 4.78 is 0. The molecule has 1 unspecified atom stereocenters. The summed E-state index contributed by atoms with van der Waals surface area (Å²) in [5.41, 5.74) is 5.58. The summed E-state index contributed by atoms with van der Waals surface area (Å²) in [7, 11) is 0. The molecule has 0 radical (unpaired) electrons. The highest BCUT2D eigenvalue weighted by molar-refractivity contribution is 5.25. The molecular formula is C23H38. The summed E-state index contributed by atoms with van der Waals surface area (Å²) in [6.45, 7) is 18.7. The maximum absolute atomic E-state index is 2.40. The van der Waals surface area contributed by atoms with Crippen molar-refractivity contribution in [3.8, 4) is 0 Å². The van der Waals surface area contributed by atoms with E-state index in [9.17, 15) is 0 Å². The van der Waals surface area contributed by atoms with Crippen LogP contribution in [0.15, 0.2) is 41.5 Å². The lowest BCUT2D eigenvalue weighted by Gasteiger charge is -2.41. The van der Waals surface area contributed by atoms with E-state index in [4.69, 9.17) is 0 Å². The van der Waals surface area contributed by atoms with E-state index < -0.39 is 0 Å². The Morgan fingerprint density at radius 2 is 1.52 bits per heavy atom. The first-order valence-electron chi connectivity index (χ1n) is 9.35. The molecule has 0 aromatic heterocycles. The van der Waals surface area contributed by atoms with Crippen molar-refractivity contribution in [2.45, 2.75) is 87.0 Å². The van der Waals surface area contributed by atoms with Crippen LogP contribution in [0.5, 0.6) is 0 Å². The zero-order valence-corrected chi connectivity index (χ0v) is 16.8. The van der Waals surface area contributed by atoms with Gasteiger partial charge in [-0.15, -0.1) is 0 Å². The molecule has 1 aliphatic rings. The highest BCUT2D eigenvalue weighted by Crippen LogP contribution is 2.49. The molecule has 1 aromatic carbocycles. The molecule has 0 spiro atoms. The first-order chi connectivity index (χ1) is 10.6. The smallest absolute Gasteiger partial charge is 0.00936 e. The van der Waals surface area contributed by atoms with Gasteiger partial charge in [-0.25, -0.2) is 0 Å². The fourth-order valence-electron chi connectivity index (χ4n) is 3.21. The van der Waals surface area contributed by atoms with Gasteiger partial charge in [0.25, 0.3) is 0 Å². The van der Waals surface area contributed by atoms with Crippen LogP contribution in [0.2, 0.25) is 0 Å². The van der Waals surface area contributed by atoms with Gasteiger partial charge in [-0.2, -0.15) is 0 Å². The molecular weight excluding hydrogens is 276 g/mol. The van der Waals surface area contributed by atoms with E-state index in [0.29, 0.717) is 16.7 Å². The molecule has 130 valence electrons. The van der Waals surface area contributed by atoms with Gasteiger partial charge in [-0.1, -0.05) is 89.9 Å². The van der Waals surface area contributed by atoms with Gasteiger partial charge in [-0.05, 0) is 54.9 Å². The van der Waals surface area contributed by atoms with E-state index in [0.717, 1.165) is 0 Å². The van der Waals surface area contributed by atoms with Crippen LogP contribution in [-0.4, -0.2) is 0 Å². The normalized spacial score (nSPS) is 16.9. The fourth-order valence-corrected chi connectivity index (χ4v) is 3.21. The predicted molar refractivity (Wildman–Crippen MR) is 105 cm³/mol. The number of rotatable bonds is 3. The largest absolute Gasteiger partial charge is 0.0735 e. The van der Waals surface area contributed by atoms with Gasteiger partial charge in [-0.3, -0.25) is 0 Å². The Morgan fingerprint density at radius 3 is 1.91 bits per heavy atom. The molecule has 0 saturated heterocycles. The van der Waals surface area contributed by atoms with Crippen LogP contribution in [0, 0.1) is 10.8 Å². The summed E-state index contributed by atoms with van der Waals surface area (Å²) in [6.07, 6.45) is 5.26. The van der Waals surface area contributed by atoms with Gasteiger partial charge in [0.2, 0.25) is 0 Å². The molecule has 0 amide bonds. The van der Waals surface area contributed by atoms with Crippen molar-refractivity contribution < 1.29 is 0 Å². The summed E-state index contributed by atoms with van der Waals surface area (Å²) >= 11 is 0. The topological polar surface area (TPSA) is 0 Å². The third kappa shape index (κ3) is 5.23. The first-order valence-corrected chi connectivity index (χ1v) is 9.35. The maximum Gasteiger partial charge on any atom is -0.00936 e. The zero-order valence-electron chi connectivity index (χ0n) is 16.8. The average molecular weight is 315 g/mol. The Kier molecular flexibility index (Phi) is 7.11. The van der Waals surface area contributed by atoms with Crippen LogP contribution in [0.1, 0.15) is 92.6 Å². The van der Waals surface area contributed by atoms with Crippen molar-refractivity contribution in [3.05, 3.63) is 47.0 Å². The van der Waals surface area contributed by atoms with Gasteiger partial charge >= 0.3 is 0 Å². The van der Waals surface area contributed by atoms with E-state index in [1.165, 1.54) is 31.2 Å². The lowest BCUT2D eigenvalue weighted by atomic mass is 9.64. The third-order valence-corrected chi connectivity index (χ3v) is 6.10. The Bertz CT molecular complexity index is 497. The van der Waals surface area contributed by atoms with E-state index in [1.54, 1.807) is 11.1 Å². The quantitative estimate of drug-likeness (QED) is 0.500. The SMILES string of the molecule is CC1=C(C(C)(C)C(C)(C)C)CCC1.CCC(C)c1ccccc1. The van der Waals surface area contributed by atoms with Crippen LogP contribution in [0.4, 0.5) is 0 Å². The van der Waals surface area contributed by atoms with Gasteiger partial charge in [0.1, 0.15) is 0 Å². The minimum atomic E-state index is 0.369. The highest BCUT2D eigenvalue weighted by atomic mass is 14.4. The maximum atomic E-state index is 2.40. The zero-order chi connectivity index (χ0) is 17.7. The molecule has 0 N–H and O–H groups in total. The predicted octanol–water partition coefficient (Wildman–Crippen LogP) is 7.76. The minimum Gasteiger partial charge on any atom is -0.0735 e. The minimum absolute atomic E-state index is 0.369. The van der Waals surface area contributed by atoms with Gasteiger partial charge < -0.3 is 0 Å². The molecule has 0 bridgehead atoms. The summed E-state index contributed by atoms with van der Waals surface area (Å²) in [5.74, 6) is 0.709. The van der Waals surface area contributed by atoms with E-state index in [2.05, 4.69) is 85.7 Å². The summed E-state index contributed by atoms with van der Waals surface area (Å²) in [4.78, 5) is 0. The molecule has 1 aliphatic carbocycles. The Labute approximate surface area is 145 Å². The first kappa shape index (κ1) is 20.0. The third-order valence-electron chi connectivity index (χ3n) is 6.10. The molecule has 2 rings (SSSR count). The molecule has 0 saturated carbocycles. The van der Waals surface area contributed by atoms with E-state index in [1.807, 2.05) is 0 Å². The number of hydrogen-bond acceptors (Lipinski definition) is 0. The fraction of sp³-hybridized carbons (Fsp3) is 0.652. The Morgan fingerprint density at radius 1 is 0.957 bits per heavy atom. The molecule has 23 heavy (non-hydrogen) atoms. The number of hydrogen-bond donors (Lipinski definition) is 0. The lowest BCUT2D eigenvalue weighted by Crippen LogP contribution is -2.31. The second kappa shape index (κ2) is 8.18. The van der Waals surface area contributed by atoms with Crippen molar-refractivity contribution >= 4 is 0 Å². The molecule has 1 aromatic rings. The van der Waals surface area contributed by atoms with Crippen LogP contribution >= 0.6 is 0 Å². The van der Waals surface area contributed by atoms with Crippen LogP contribution < -0.4 is 0 Å². The second-order valence-electron chi connectivity index (χ2n) is 8.71. The molecule has 0 heteroatoms. The molecule has 1 atom stereocenters. The summed E-state index contributed by atoms with van der Waals surface area (Å²) in [5, 5.41) is 0. The van der Waals surface area contributed by atoms with Crippen molar-refractivity contribution in [1.29, 1.82) is 0 Å². The van der Waals surface area contributed by atoms with E-state index in [-0.39, 0.29) is 0 Å². The summed E-state index contributed by atoms with van der Waals surface area (Å²) in [6, 6.07) is 10.6. The Balaban J connectivity index is 0.000000238. The average Bonchev–Trinajstić information content (AvgIpc) is 2.93. The van der Waals surface area contributed by atoms with Crippen molar-refractivity contribution in [2.75, 3.05) is 0 Å². The molecule has 0 nitrogen and oxygen atoms in total. The van der Waals surface area contributed by atoms with Gasteiger partial charge in [0, 0.05) is 0 Å².